The lowest BCUT2D eigenvalue weighted by molar-refractivity contribution is 0.0996. The lowest BCUT2D eigenvalue weighted by Gasteiger charge is -2.17. The number of amides is 1. The number of carbonyl (C=O) groups is 1. The van der Waals surface area contributed by atoms with Gasteiger partial charge in [-0.2, -0.15) is 0 Å². The van der Waals surface area contributed by atoms with E-state index in [9.17, 15) is 9.18 Å². The van der Waals surface area contributed by atoms with Crippen molar-refractivity contribution in [2.24, 2.45) is 5.73 Å². The molecule has 1 amide bonds. The van der Waals surface area contributed by atoms with Crippen LogP contribution in [0.2, 0.25) is 0 Å². The molecule has 3 N–H and O–H groups in total. The minimum absolute atomic E-state index is 0.0788. The Bertz CT molecular complexity index is 429. The van der Waals surface area contributed by atoms with E-state index in [1.807, 2.05) is 0 Å². The topological polar surface area (TPSA) is 64.4 Å². The van der Waals surface area contributed by atoms with Crippen LogP contribution in [0.4, 0.5) is 10.1 Å². The van der Waals surface area contributed by atoms with Crippen molar-refractivity contribution >= 4 is 11.6 Å². The molecular formula is C13H17FN2O2. The molecule has 1 heterocycles. The van der Waals surface area contributed by atoms with Gasteiger partial charge in [0.1, 0.15) is 5.82 Å². The largest absolute Gasteiger partial charge is 0.382 e. The first-order chi connectivity index (χ1) is 8.66. The second kappa shape index (κ2) is 5.82. The fourth-order valence-corrected chi connectivity index (χ4v) is 2.09. The monoisotopic (exact) mass is 252 g/mol. The molecule has 1 unspecified atom stereocenters. The number of carbonyl (C=O) groups excluding carboxylic acids is 1. The number of benzene rings is 1. The van der Waals surface area contributed by atoms with E-state index in [2.05, 4.69) is 5.32 Å². The predicted octanol–water partition coefficient (Wildman–Crippen LogP) is 1.91. The summed E-state index contributed by atoms with van der Waals surface area (Å²) in [6.07, 6.45) is 2.91. The molecule has 1 aliphatic heterocycles. The van der Waals surface area contributed by atoms with Crippen molar-refractivity contribution in [2.75, 3.05) is 18.5 Å². The van der Waals surface area contributed by atoms with E-state index >= 15 is 0 Å². The van der Waals surface area contributed by atoms with Crippen molar-refractivity contribution in [3.8, 4) is 0 Å². The number of hydrogen-bond acceptors (Lipinski definition) is 3. The Morgan fingerprint density at radius 3 is 3.00 bits per heavy atom. The van der Waals surface area contributed by atoms with Gasteiger partial charge < -0.3 is 15.8 Å². The molecule has 0 saturated carbocycles. The Labute approximate surface area is 105 Å². The zero-order chi connectivity index (χ0) is 13.0. The fourth-order valence-electron chi connectivity index (χ4n) is 2.09. The Kier molecular flexibility index (Phi) is 4.15. The van der Waals surface area contributed by atoms with Crippen LogP contribution in [-0.2, 0) is 4.74 Å². The van der Waals surface area contributed by atoms with Crippen molar-refractivity contribution in [1.82, 2.24) is 0 Å². The number of primary amides is 1. The van der Waals surface area contributed by atoms with Crippen molar-refractivity contribution in [1.29, 1.82) is 0 Å². The summed E-state index contributed by atoms with van der Waals surface area (Å²) in [5.41, 5.74) is 5.76. The van der Waals surface area contributed by atoms with Crippen LogP contribution in [0, 0.1) is 5.82 Å². The van der Waals surface area contributed by atoms with Crippen molar-refractivity contribution < 1.29 is 13.9 Å². The third-order valence-electron chi connectivity index (χ3n) is 3.05. The van der Waals surface area contributed by atoms with E-state index in [0.29, 0.717) is 6.04 Å². The fraction of sp³-hybridized carbons (Fsp3) is 0.462. The number of nitrogens with two attached hydrogens (primary N) is 1. The second-order valence-corrected chi connectivity index (χ2v) is 4.44. The Hall–Kier alpha value is -1.62. The standard InChI is InChI=1S/C13H17FN2O2/c14-12-4-3-10(8-11(12)13(15)17)16-9-2-1-6-18-7-5-9/h3-4,8-9,16H,1-2,5-7H2,(H2,15,17). The van der Waals surface area contributed by atoms with Crippen molar-refractivity contribution in [2.45, 2.75) is 25.3 Å². The van der Waals surface area contributed by atoms with Gasteiger partial charge in [-0.15, -0.1) is 0 Å². The Morgan fingerprint density at radius 1 is 1.39 bits per heavy atom. The SMILES string of the molecule is NC(=O)c1cc(NC2CCCOCC2)ccc1F. The number of anilines is 1. The maximum atomic E-state index is 13.3. The van der Waals surface area contributed by atoms with Gasteiger partial charge in [-0.05, 0) is 37.5 Å². The average Bonchev–Trinajstić information content (AvgIpc) is 2.60. The molecule has 1 atom stereocenters. The quantitative estimate of drug-likeness (QED) is 0.863. The first kappa shape index (κ1) is 12.8. The number of hydrogen-bond donors (Lipinski definition) is 2. The second-order valence-electron chi connectivity index (χ2n) is 4.44. The number of nitrogens with one attached hydrogen (secondary N) is 1. The highest BCUT2D eigenvalue weighted by molar-refractivity contribution is 5.94. The highest BCUT2D eigenvalue weighted by atomic mass is 19.1. The summed E-state index contributed by atoms with van der Waals surface area (Å²) in [5.74, 6) is -1.34. The first-order valence-electron chi connectivity index (χ1n) is 6.10. The minimum Gasteiger partial charge on any atom is -0.382 e. The summed E-state index contributed by atoms with van der Waals surface area (Å²) < 4.78 is 18.7. The molecule has 1 aromatic carbocycles. The van der Waals surface area contributed by atoms with E-state index in [1.54, 1.807) is 6.07 Å². The maximum absolute atomic E-state index is 13.3. The van der Waals surface area contributed by atoms with Crippen LogP contribution >= 0.6 is 0 Å². The first-order valence-corrected chi connectivity index (χ1v) is 6.10. The summed E-state index contributed by atoms with van der Waals surface area (Å²) in [6, 6.07) is 4.63. The minimum atomic E-state index is -0.750. The summed E-state index contributed by atoms with van der Waals surface area (Å²) in [6.45, 7) is 1.51. The normalized spacial score (nSPS) is 20.2. The lowest BCUT2D eigenvalue weighted by Crippen LogP contribution is -2.20. The molecule has 5 heteroatoms. The van der Waals surface area contributed by atoms with Gasteiger partial charge in [-0.1, -0.05) is 0 Å². The summed E-state index contributed by atoms with van der Waals surface area (Å²) >= 11 is 0. The van der Waals surface area contributed by atoms with E-state index in [0.717, 1.165) is 38.2 Å². The number of rotatable bonds is 3. The molecule has 1 aliphatic rings. The third kappa shape index (κ3) is 3.20. The van der Waals surface area contributed by atoms with Gasteiger partial charge in [-0.25, -0.2) is 4.39 Å². The molecule has 1 fully saturated rings. The zero-order valence-electron chi connectivity index (χ0n) is 10.1. The highest BCUT2D eigenvalue weighted by Crippen LogP contribution is 2.18. The molecule has 0 spiro atoms. The van der Waals surface area contributed by atoms with Gasteiger partial charge in [0.05, 0.1) is 5.56 Å². The van der Waals surface area contributed by atoms with Crippen molar-refractivity contribution in [3.63, 3.8) is 0 Å². The number of ether oxygens (including phenoxy) is 1. The lowest BCUT2D eigenvalue weighted by atomic mass is 10.1. The van der Waals surface area contributed by atoms with Crippen molar-refractivity contribution in [3.05, 3.63) is 29.6 Å². The number of halogens is 1. The van der Waals surface area contributed by atoms with Crippen LogP contribution in [-0.4, -0.2) is 25.2 Å². The van der Waals surface area contributed by atoms with Crippen LogP contribution in [0.5, 0.6) is 0 Å². The molecule has 0 aliphatic carbocycles. The van der Waals surface area contributed by atoms with Gasteiger partial charge in [0, 0.05) is 24.9 Å². The summed E-state index contributed by atoms with van der Waals surface area (Å²) in [4.78, 5) is 11.1. The van der Waals surface area contributed by atoms with Crippen LogP contribution in [0.3, 0.4) is 0 Å². The van der Waals surface area contributed by atoms with Gasteiger partial charge in [0.2, 0.25) is 0 Å². The predicted molar refractivity (Wildman–Crippen MR) is 67.0 cm³/mol. The zero-order valence-corrected chi connectivity index (χ0v) is 10.1. The van der Waals surface area contributed by atoms with Crippen LogP contribution in [0.15, 0.2) is 18.2 Å². The molecule has 4 nitrogen and oxygen atoms in total. The van der Waals surface area contributed by atoms with Gasteiger partial charge in [0.15, 0.2) is 0 Å². The van der Waals surface area contributed by atoms with E-state index in [4.69, 9.17) is 10.5 Å². The van der Waals surface area contributed by atoms with Crippen LogP contribution < -0.4 is 11.1 Å². The average molecular weight is 252 g/mol. The molecular weight excluding hydrogens is 235 g/mol. The summed E-state index contributed by atoms with van der Waals surface area (Å²) in [7, 11) is 0. The molecule has 98 valence electrons. The van der Waals surface area contributed by atoms with Gasteiger partial charge in [-0.3, -0.25) is 4.79 Å². The van der Waals surface area contributed by atoms with Gasteiger partial charge in [0.25, 0.3) is 5.91 Å². The molecule has 2 rings (SSSR count). The summed E-state index contributed by atoms with van der Waals surface area (Å²) in [5, 5.41) is 3.29. The molecule has 0 radical (unpaired) electrons. The van der Waals surface area contributed by atoms with Crippen LogP contribution in [0.1, 0.15) is 29.6 Å². The van der Waals surface area contributed by atoms with Gasteiger partial charge >= 0.3 is 0 Å². The maximum Gasteiger partial charge on any atom is 0.251 e. The van der Waals surface area contributed by atoms with Crippen LogP contribution in [0.25, 0.3) is 0 Å². The molecule has 18 heavy (non-hydrogen) atoms. The Morgan fingerprint density at radius 2 is 2.22 bits per heavy atom. The van der Waals surface area contributed by atoms with E-state index in [-0.39, 0.29) is 5.56 Å². The Balaban J connectivity index is 2.08. The molecule has 1 saturated heterocycles. The van der Waals surface area contributed by atoms with E-state index < -0.39 is 11.7 Å². The highest BCUT2D eigenvalue weighted by Gasteiger charge is 2.14. The van der Waals surface area contributed by atoms with E-state index in [1.165, 1.54) is 12.1 Å². The smallest absolute Gasteiger partial charge is 0.251 e. The molecule has 0 bridgehead atoms. The third-order valence-corrected chi connectivity index (χ3v) is 3.05. The molecule has 1 aromatic rings. The molecule has 0 aromatic heterocycles.